The highest BCUT2D eigenvalue weighted by Gasteiger charge is 2.35. The molecule has 7 aromatic carbocycles. The van der Waals surface area contributed by atoms with Crippen LogP contribution in [0.5, 0.6) is 0 Å². The van der Waals surface area contributed by atoms with Gasteiger partial charge < -0.3 is 4.57 Å². The van der Waals surface area contributed by atoms with Gasteiger partial charge in [-0.1, -0.05) is 177 Å². The molecule has 56 heavy (non-hydrogen) atoms. The monoisotopic (exact) mass is 745 g/mol. The summed E-state index contributed by atoms with van der Waals surface area (Å²) in [6.07, 6.45) is 5.86. The van der Waals surface area contributed by atoms with E-state index in [9.17, 15) is 4.57 Å². The van der Waals surface area contributed by atoms with Crippen LogP contribution in [0.4, 0.5) is 0 Å². The van der Waals surface area contributed by atoms with Crippen LogP contribution in [0, 0.1) is 0 Å². The summed E-state index contributed by atoms with van der Waals surface area (Å²) in [5, 5.41) is 3.18. The van der Waals surface area contributed by atoms with Crippen LogP contribution in [0.3, 0.4) is 0 Å². The van der Waals surface area contributed by atoms with Gasteiger partial charge in [-0.05, 0) is 82.5 Å². The third-order valence-electron chi connectivity index (χ3n) is 11.5. The maximum Gasteiger partial charge on any atom is 0.164 e. The summed E-state index contributed by atoms with van der Waals surface area (Å²) in [6.45, 7) is 3.67. The Hall–Kier alpha value is -5.96. The normalized spacial score (nSPS) is 14.1. The Labute approximate surface area is 329 Å². The van der Waals surface area contributed by atoms with Gasteiger partial charge in [-0.25, -0.2) is 15.0 Å². The van der Waals surface area contributed by atoms with E-state index in [-0.39, 0.29) is 5.41 Å². The van der Waals surface area contributed by atoms with Crippen molar-refractivity contribution in [3.05, 3.63) is 181 Å². The standard InChI is InChI=1S/C51H44N3OP/c1-56(2,55)45-21-12-19-41(35-45)37-24-28-43(29-25-37)51(32-9-4-10-33-51)44-30-26-39(27-31-44)48-52-49(42-20-11-18-40(34-42)36-14-5-3-6-15-36)54-50(53-48)47-23-13-17-38-16-7-8-22-46(38)47/h3,5-8,11-31,34-35H,4,9-10,32-33H2,1-2H3. The van der Waals surface area contributed by atoms with E-state index in [1.165, 1.54) is 30.4 Å². The molecule has 4 nitrogen and oxygen atoms in total. The first-order chi connectivity index (χ1) is 27.3. The second-order valence-corrected chi connectivity index (χ2v) is 18.7. The van der Waals surface area contributed by atoms with Crippen molar-refractivity contribution in [1.82, 2.24) is 15.0 Å². The highest BCUT2D eigenvalue weighted by Crippen LogP contribution is 2.46. The third-order valence-corrected chi connectivity index (χ3v) is 13.1. The Morgan fingerprint density at radius 1 is 0.446 bits per heavy atom. The SMILES string of the molecule is CP(C)(=O)c1cccc(-c2ccc(C3(c4ccc(-c5nc(-c6cccc(-c7ccccc7)c6)nc(-c6cccc7ccccc67)n5)cc4)CCCCC3)cc2)c1. The molecule has 0 amide bonds. The molecule has 0 atom stereocenters. The van der Waals surface area contributed by atoms with Crippen molar-refractivity contribution in [3.8, 4) is 56.4 Å². The molecule has 0 unspecified atom stereocenters. The van der Waals surface area contributed by atoms with E-state index >= 15 is 0 Å². The van der Waals surface area contributed by atoms with Gasteiger partial charge in [0.25, 0.3) is 0 Å². The number of hydrogen-bond donors (Lipinski definition) is 0. The van der Waals surface area contributed by atoms with E-state index in [2.05, 4.69) is 152 Å². The molecule has 1 saturated carbocycles. The van der Waals surface area contributed by atoms with Crippen molar-refractivity contribution in [3.63, 3.8) is 0 Å². The van der Waals surface area contributed by atoms with Crippen LogP contribution in [0.1, 0.15) is 43.2 Å². The molecule has 1 fully saturated rings. The summed E-state index contributed by atoms with van der Waals surface area (Å²) in [4.78, 5) is 15.5. The molecule has 9 rings (SSSR count). The largest absolute Gasteiger partial charge is 0.319 e. The predicted molar refractivity (Wildman–Crippen MR) is 234 cm³/mol. The minimum Gasteiger partial charge on any atom is -0.319 e. The summed E-state index contributed by atoms with van der Waals surface area (Å²) in [7, 11) is -2.35. The summed E-state index contributed by atoms with van der Waals surface area (Å²) >= 11 is 0. The van der Waals surface area contributed by atoms with E-state index in [1.807, 2.05) is 31.5 Å². The lowest BCUT2D eigenvalue weighted by Gasteiger charge is -2.39. The Morgan fingerprint density at radius 2 is 0.964 bits per heavy atom. The number of aromatic nitrogens is 3. The first-order valence-electron chi connectivity index (χ1n) is 19.6. The highest BCUT2D eigenvalue weighted by atomic mass is 31.2. The average Bonchev–Trinajstić information content (AvgIpc) is 3.26. The maximum atomic E-state index is 12.8. The van der Waals surface area contributed by atoms with Crippen LogP contribution < -0.4 is 5.30 Å². The third kappa shape index (κ3) is 7.02. The smallest absolute Gasteiger partial charge is 0.164 e. The van der Waals surface area contributed by atoms with E-state index in [1.54, 1.807) is 0 Å². The van der Waals surface area contributed by atoms with Crippen molar-refractivity contribution >= 4 is 23.2 Å². The molecule has 5 heteroatoms. The van der Waals surface area contributed by atoms with Gasteiger partial charge in [-0.2, -0.15) is 0 Å². The topological polar surface area (TPSA) is 55.7 Å². The van der Waals surface area contributed by atoms with Crippen LogP contribution in [-0.4, -0.2) is 28.3 Å². The van der Waals surface area contributed by atoms with Gasteiger partial charge in [0.05, 0.1) is 0 Å². The van der Waals surface area contributed by atoms with Crippen LogP contribution in [0.2, 0.25) is 0 Å². The zero-order valence-electron chi connectivity index (χ0n) is 31.9. The first kappa shape index (κ1) is 35.7. The number of benzene rings is 7. The van der Waals surface area contributed by atoms with E-state index in [4.69, 9.17) is 15.0 Å². The molecule has 274 valence electrons. The van der Waals surface area contributed by atoms with Gasteiger partial charge >= 0.3 is 0 Å². The lowest BCUT2D eigenvalue weighted by atomic mass is 9.65. The second kappa shape index (κ2) is 14.9. The molecule has 1 aliphatic carbocycles. The number of rotatable bonds is 8. The van der Waals surface area contributed by atoms with Gasteiger partial charge in [0.15, 0.2) is 17.5 Å². The van der Waals surface area contributed by atoms with Gasteiger partial charge in [0.1, 0.15) is 7.14 Å². The van der Waals surface area contributed by atoms with Gasteiger partial charge in [-0.3, -0.25) is 0 Å². The molecule has 8 aromatic rings. The van der Waals surface area contributed by atoms with Crippen molar-refractivity contribution in [2.75, 3.05) is 13.3 Å². The number of hydrogen-bond acceptors (Lipinski definition) is 4. The molecule has 0 spiro atoms. The van der Waals surface area contributed by atoms with Crippen molar-refractivity contribution < 1.29 is 4.57 Å². The van der Waals surface area contributed by atoms with Crippen LogP contribution in [0.25, 0.3) is 67.2 Å². The van der Waals surface area contributed by atoms with Crippen LogP contribution >= 0.6 is 7.14 Å². The Bertz CT molecular complexity index is 2710. The Morgan fingerprint density at radius 3 is 1.68 bits per heavy atom. The molecule has 1 aromatic heterocycles. The molecule has 0 N–H and O–H groups in total. The van der Waals surface area contributed by atoms with E-state index < -0.39 is 7.14 Å². The zero-order valence-corrected chi connectivity index (χ0v) is 32.8. The van der Waals surface area contributed by atoms with Crippen molar-refractivity contribution in [2.24, 2.45) is 0 Å². The zero-order chi connectivity index (χ0) is 38.1. The molecule has 1 aliphatic rings. The minimum absolute atomic E-state index is 0.0735. The molecule has 0 saturated heterocycles. The molecule has 1 heterocycles. The number of fused-ring (bicyclic) bond motifs is 1. The molecule has 0 bridgehead atoms. The summed E-state index contributed by atoms with van der Waals surface area (Å²) in [6, 6.07) is 59.9. The summed E-state index contributed by atoms with van der Waals surface area (Å²) < 4.78 is 12.8. The van der Waals surface area contributed by atoms with Gasteiger partial charge in [-0.15, -0.1) is 0 Å². The lowest BCUT2D eigenvalue weighted by Crippen LogP contribution is -2.30. The summed E-state index contributed by atoms with van der Waals surface area (Å²) in [5.41, 5.74) is 10.0. The van der Waals surface area contributed by atoms with Crippen LogP contribution in [0.15, 0.2) is 170 Å². The summed E-state index contributed by atoms with van der Waals surface area (Å²) in [5.74, 6) is 1.96. The molecule has 0 radical (unpaired) electrons. The highest BCUT2D eigenvalue weighted by molar-refractivity contribution is 7.70. The van der Waals surface area contributed by atoms with Gasteiger partial charge in [0.2, 0.25) is 0 Å². The van der Waals surface area contributed by atoms with Gasteiger partial charge in [0, 0.05) is 27.4 Å². The fourth-order valence-electron chi connectivity index (χ4n) is 8.48. The predicted octanol–water partition coefficient (Wildman–Crippen LogP) is 12.9. The van der Waals surface area contributed by atoms with Crippen molar-refractivity contribution in [2.45, 2.75) is 37.5 Å². The second-order valence-electron chi connectivity index (χ2n) is 15.5. The molecule has 0 aliphatic heterocycles. The fourth-order valence-corrected chi connectivity index (χ4v) is 9.38. The average molecular weight is 746 g/mol. The minimum atomic E-state index is -2.35. The van der Waals surface area contributed by atoms with Crippen molar-refractivity contribution in [1.29, 1.82) is 0 Å². The molecular formula is C51H44N3OP. The van der Waals surface area contributed by atoms with E-state index in [0.717, 1.165) is 67.9 Å². The first-order valence-corrected chi connectivity index (χ1v) is 22.2. The molecular weight excluding hydrogens is 702 g/mol. The Kier molecular flexibility index (Phi) is 9.53. The van der Waals surface area contributed by atoms with Crippen LogP contribution in [-0.2, 0) is 9.98 Å². The Balaban J connectivity index is 1.11. The van der Waals surface area contributed by atoms with E-state index in [0.29, 0.717) is 17.5 Å². The maximum absolute atomic E-state index is 12.8. The number of nitrogens with zero attached hydrogens (tertiary/aromatic N) is 3. The lowest BCUT2D eigenvalue weighted by molar-refractivity contribution is 0.346. The fraction of sp³-hybridized carbons (Fsp3) is 0.157. The quantitative estimate of drug-likeness (QED) is 0.145.